The molecule has 1 saturated carbocycles. The Labute approximate surface area is 323 Å². The van der Waals surface area contributed by atoms with Gasteiger partial charge in [0.25, 0.3) is 0 Å². The van der Waals surface area contributed by atoms with Crippen LogP contribution in [-0.4, -0.2) is 32.6 Å². The zero-order chi connectivity index (χ0) is 38.5. The van der Waals surface area contributed by atoms with E-state index in [9.17, 15) is 30.6 Å². The average Bonchev–Trinajstić information content (AvgIpc) is 3.22. The molecule has 0 radical (unpaired) electrons. The molecular formula is C48H36N2O6-2. The molecule has 0 heterocycles. The zero-order valence-electron chi connectivity index (χ0n) is 30.0. The van der Waals surface area contributed by atoms with Gasteiger partial charge >= 0.3 is 0 Å². The topological polar surface area (TPSA) is 134 Å². The maximum atomic E-state index is 14.0. The summed E-state index contributed by atoms with van der Waals surface area (Å²) >= 11 is 0. The molecule has 0 atom stereocenters. The van der Waals surface area contributed by atoms with Crippen LogP contribution in [0, 0.1) is 0 Å². The van der Waals surface area contributed by atoms with Crippen LogP contribution in [0.5, 0.6) is 23.0 Å². The lowest BCUT2D eigenvalue weighted by Crippen LogP contribution is -2.63. The van der Waals surface area contributed by atoms with Crippen LogP contribution in [0.25, 0.3) is 21.5 Å². The van der Waals surface area contributed by atoms with Crippen molar-refractivity contribution in [2.24, 2.45) is 0 Å². The van der Waals surface area contributed by atoms with E-state index >= 15 is 0 Å². The van der Waals surface area contributed by atoms with E-state index in [4.69, 9.17) is 0 Å². The van der Waals surface area contributed by atoms with Crippen LogP contribution in [0.4, 0.5) is 34.1 Å². The van der Waals surface area contributed by atoms with Gasteiger partial charge in [0.2, 0.25) is 0 Å². The first kappa shape index (κ1) is 34.7. The number of anilines is 6. The van der Waals surface area contributed by atoms with Crippen LogP contribution in [-0.2, 0) is 0 Å². The van der Waals surface area contributed by atoms with Gasteiger partial charge in [0, 0.05) is 57.5 Å². The number of hydrogen-bond donors (Lipinski definition) is 4. The maximum Gasteiger partial charge on any atom is 0.124 e. The number of para-hydroxylation sites is 2. The van der Waals surface area contributed by atoms with Crippen LogP contribution in [0.1, 0.15) is 23.0 Å². The number of rotatable bonds is 8. The number of benzene rings is 8. The van der Waals surface area contributed by atoms with Crippen molar-refractivity contribution < 1.29 is 30.6 Å². The third-order valence-corrected chi connectivity index (χ3v) is 10.9. The Morgan fingerprint density at radius 1 is 0.357 bits per heavy atom. The van der Waals surface area contributed by atoms with Crippen molar-refractivity contribution in [3.8, 4) is 23.0 Å². The fourth-order valence-corrected chi connectivity index (χ4v) is 8.31. The normalized spacial score (nSPS) is 17.8. The van der Waals surface area contributed by atoms with Gasteiger partial charge < -0.3 is 40.4 Å². The largest absolute Gasteiger partial charge is 0.851 e. The summed E-state index contributed by atoms with van der Waals surface area (Å²) in [6, 6.07) is 52.3. The summed E-state index contributed by atoms with van der Waals surface area (Å²) < 4.78 is 0. The second kappa shape index (κ2) is 14.0. The molecule has 8 aromatic carbocycles. The van der Waals surface area contributed by atoms with E-state index in [0.717, 1.165) is 44.3 Å². The molecule has 0 spiro atoms. The summed E-state index contributed by atoms with van der Waals surface area (Å²) in [6.45, 7) is 0. The molecule has 0 amide bonds. The third kappa shape index (κ3) is 5.80. The second-order valence-corrected chi connectivity index (χ2v) is 14.1. The molecule has 1 aliphatic rings. The Morgan fingerprint density at radius 3 is 1.05 bits per heavy atom. The van der Waals surface area contributed by atoms with Gasteiger partial charge in [-0.1, -0.05) is 109 Å². The highest BCUT2D eigenvalue weighted by Crippen LogP contribution is 2.56. The van der Waals surface area contributed by atoms with Gasteiger partial charge in [-0.05, 0) is 59.0 Å². The van der Waals surface area contributed by atoms with E-state index in [1.807, 2.05) is 155 Å². The molecule has 8 aromatic rings. The molecule has 276 valence electrons. The van der Waals surface area contributed by atoms with E-state index in [1.54, 1.807) is 0 Å². The highest BCUT2D eigenvalue weighted by molar-refractivity contribution is 6.00. The van der Waals surface area contributed by atoms with Crippen molar-refractivity contribution in [1.29, 1.82) is 0 Å². The Morgan fingerprint density at radius 2 is 0.679 bits per heavy atom. The lowest BCUT2D eigenvalue weighted by atomic mass is 9.62. The molecule has 4 N–H and O–H groups in total. The number of fused-ring (bicyclic) bond motifs is 2. The fourth-order valence-electron chi connectivity index (χ4n) is 8.31. The van der Waals surface area contributed by atoms with Crippen LogP contribution < -0.4 is 20.0 Å². The second-order valence-electron chi connectivity index (χ2n) is 14.1. The number of nitrogens with zero attached hydrogens (tertiary/aromatic N) is 2. The molecule has 0 unspecified atom stereocenters. The summed E-state index contributed by atoms with van der Waals surface area (Å²) in [6.07, 6.45) is -3.37. The first-order chi connectivity index (χ1) is 27.3. The van der Waals surface area contributed by atoms with Crippen molar-refractivity contribution in [2.45, 2.75) is 24.0 Å². The van der Waals surface area contributed by atoms with Gasteiger partial charge in [0.1, 0.15) is 23.0 Å². The Hall–Kier alpha value is -7.00. The average molecular weight is 737 g/mol. The smallest absolute Gasteiger partial charge is 0.124 e. The molecule has 8 nitrogen and oxygen atoms in total. The molecule has 1 fully saturated rings. The van der Waals surface area contributed by atoms with E-state index < -0.39 is 47.0 Å². The van der Waals surface area contributed by atoms with Gasteiger partial charge in [0.15, 0.2) is 0 Å². The van der Waals surface area contributed by atoms with Gasteiger partial charge in [-0.2, -0.15) is 0 Å². The predicted molar refractivity (Wildman–Crippen MR) is 217 cm³/mol. The van der Waals surface area contributed by atoms with Gasteiger partial charge in [-0.15, -0.1) is 12.2 Å². The number of phenols is 4. The van der Waals surface area contributed by atoms with Crippen molar-refractivity contribution in [3.63, 3.8) is 0 Å². The number of aromatic hydroxyl groups is 4. The molecule has 56 heavy (non-hydrogen) atoms. The first-order valence-electron chi connectivity index (χ1n) is 18.4. The van der Waals surface area contributed by atoms with Crippen molar-refractivity contribution in [1.82, 2.24) is 0 Å². The molecule has 1 aliphatic carbocycles. The summed E-state index contributed by atoms with van der Waals surface area (Å²) in [5, 5.41) is 77.9. The van der Waals surface area contributed by atoms with E-state index in [2.05, 4.69) is 0 Å². The minimum Gasteiger partial charge on any atom is -0.851 e. The highest BCUT2D eigenvalue weighted by Gasteiger charge is 2.43. The Balaban J connectivity index is 1.07. The molecule has 0 bridgehead atoms. The number of hydrogen-bond acceptors (Lipinski definition) is 8. The number of phenolic OH excluding ortho intramolecular Hbond substituents is 4. The molecule has 0 saturated heterocycles. The van der Waals surface area contributed by atoms with E-state index in [0.29, 0.717) is 11.4 Å². The summed E-state index contributed by atoms with van der Waals surface area (Å²) in [5.74, 6) is -4.28. The lowest BCUT2D eigenvalue weighted by Gasteiger charge is -2.61. The Bertz CT molecular complexity index is 2470. The minimum atomic E-state index is -1.69. The predicted octanol–water partition coefficient (Wildman–Crippen LogP) is 9.09. The maximum absolute atomic E-state index is 14.0. The summed E-state index contributed by atoms with van der Waals surface area (Å²) in [7, 11) is 0. The SMILES string of the molecule is [O-]C1C(c2c(O)cc(N(c3ccccc3)c3cccc4ccccc34)cc2O)C([O-])C1c1c(O)cc(N(c2ccccc2)c2cccc3ccccc23)cc1O. The van der Waals surface area contributed by atoms with Gasteiger partial charge in [-0.3, -0.25) is 0 Å². The van der Waals surface area contributed by atoms with Crippen LogP contribution in [0.2, 0.25) is 0 Å². The summed E-state index contributed by atoms with van der Waals surface area (Å²) in [5.41, 5.74) is 3.67. The first-order valence-corrected chi connectivity index (χ1v) is 18.4. The van der Waals surface area contributed by atoms with Crippen molar-refractivity contribution in [2.75, 3.05) is 9.80 Å². The van der Waals surface area contributed by atoms with E-state index in [1.165, 1.54) is 24.3 Å². The molecule has 0 aromatic heterocycles. The van der Waals surface area contributed by atoms with Gasteiger partial charge in [0.05, 0.1) is 22.7 Å². The fraction of sp³-hybridized carbons (Fsp3) is 0.0833. The Kier molecular flexibility index (Phi) is 8.69. The van der Waals surface area contributed by atoms with Crippen molar-refractivity contribution in [3.05, 3.63) is 181 Å². The van der Waals surface area contributed by atoms with Crippen LogP contribution >= 0.6 is 0 Å². The van der Waals surface area contributed by atoms with Crippen molar-refractivity contribution >= 4 is 55.7 Å². The molecule has 8 heteroatoms. The molecular weight excluding hydrogens is 701 g/mol. The summed E-state index contributed by atoms with van der Waals surface area (Å²) in [4.78, 5) is 3.79. The molecule has 9 rings (SSSR count). The minimum absolute atomic E-state index is 0.155. The third-order valence-electron chi connectivity index (χ3n) is 10.9. The quantitative estimate of drug-likeness (QED) is 0.121. The van der Waals surface area contributed by atoms with Gasteiger partial charge in [-0.25, -0.2) is 0 Å². The standard InChI is InChI=1S/C48H36N2O6/c51-39-25-33(49(31-17-3-1-4-18-31)37-23-11-15-29-13-7-9-21-35(29)37)26-40(52)43(39)45-47(55)46(48(45)56)44-41(53)27-34(28-42(44)54)50(32-19-5-2-6-20-32)38-24-12-16-30-14-8-10-22-36(30)38/h1-28,45-48,51-54H/q-2. The monoisotopic (exact) mass is 736 g/mol. The van der Waals surface area contributed by atoms with Crippen LogP contribution in [0.15, 0.2) is 170 Å². The highest BCUT2D eigenvalue weighted by atomic mass is 16.3. The zero-order valence-corrected chi connectivity index (χ0v) is 30.0. The molecule has 0 aliphatic heterocycles. The lowest BCUT2D eigenvalue weighted by molar-refractivity contribution is -0.536. The van der Waals surface area contributed by atoms with Crippen LogP contribution in [0.3, 0.4) is 0 Å². The van der Waals surface area contributed by atoms with E-state index in [-0.39, 0.29) is 11.1 Å².